The molecule has 1 aromatic carbocycles. The summed E-state index contributed by atoms with van der Waals surface area (Å²) < 4.78 is 17.5. The molecule has 1 aliphatic heterocycles. The molecule has 1 heterocycles. The standard InChI is InChI=1S/C10H10FNO2/c11-6-8-9(14-10(13)12-8)7-4-2-1-3-5-7/h1-5,8-9H,6H2,(H,12,13). The molecule has 0 spiro atoms. The maximum absolute atomic E-state index is 12.5. The third kappa shape index (κ3) is 1.55. The van der Waals surface area contributed by atoms with E-state index < -0.39 is 24.9 Å². The molecular formula is C10H10FNO2. The van der Waals surface area contributed by atoms with Gasteiger partial charge in [-0.25, -0.2) is 9.18 Å². The van der Waals surface area contributed by atoms with Crippen LogP contribution in [0.5, 0.6) is 0 Å². The van der Waals surface area contributed by atoms with Gasteiger partial charge in [0.1, 0.15) is 12.7 Å². The van der Waals surface area contributed by atoms with Gasteiger partial charge in [0, 0.05) is 0 Å². The maximum atomic E-state index is 12.5. The number of carbonyl (C=O) groups excluding carboxylic acids is 1. The summed E-state index contributed by atoms with van der Waals surface area (Å²) in [4.78, 5) is 10.9. The molecule has 74 valence electrons. The third-order valence-corrected chi connectivity index (χ3v) is 2.20. The molecule has 0 radical (unpaired) electrons. The zero-order valence-electron chi connectivity index (χ0n) is 7.44. The number of carbonyl (C=O) groups is 1. The fraction of sp³-hybridized carbons (Fsp3) is 0.300. The van der Waals surface area contributed by atoms with Gasteiger partial charge in [0.15, 0.2) is 6.10 Å². The highest BCUT2D eigenvalue weighted by Crippen LogP contribution is 2.26. The largest absolute Gasteiger partial charge is 0.439 e. The average Bonchev–Trinajstić information content (AvgIpc) is 2.61. The van der Waals surface area contributed by atoms with Crippen molar-refractivity contribution in [3.05, 3.63) is 35.9 Å². The number of rotatable bonds is 2. The highest BCUT2D eigenvalue weighted by Gasteiger charge is 2.34. The molecule has 0 bridgehead atoms. The van der Waals surface area contributed by atoms with Crippen molar-refractivity contribution in [3.8, 4) is 0 Å². The Morgan fingerprint density at radius 3 is 2.71 bits per heavy atom. The summed E-state index contributed by atoms with van der Waals surface area (Å²) >= 11 is 0. The molecule has 4 heteroatoms. The van der Waals surface area contributed by atoms with Crippen LogP contribution < -0.4 is 5.32 Å². The van der Waals surface area contributed by atoms with Gasteiger partial charge in [-0.05, 0) is 5.56 Å². The third-order valence-electron chi connectivity index (χ3n) is 2.20. The monoisotopic (exact) mass is 195 g/mol. The highest BCUT2D eigenvalue weighted by molar-refractivity contribution is 5.70. The van der Waals surface area contributed by atoms with Crippen LogP contribution in [0, 0.1) is 0 Å². The molecule has 0 saturated carbocycles. The molecule has 1 aliphatic rings. The van der Waals surface area contributed by atoms with Crippen LogP contribution in [0.1, 0.15) is 11.7 Å². The molecule has 0 aliphatic carbocycles. The van der Waals surface area contributed by atoms with E-state index in [1.807, 2.05) is 30.3 Å². The van der Waals surface area contributed by atoms with Crippen LogP contribution in [0.3, 0.4) is 0 Å². The Morgan fingerprint density at radius 2 is 2.07 bits per heavy atom. The van der Waals surface area contributed by atoms with Crippen molar-refractivity contribution in [3.63, 3.8) is 0 Å². The second-order valence-corrected chi connectivity index (χ2v) is 3.14. The van der Waals surface area contributed by atoms with Gasteiger partial charge in [0.25, 0.3) is 0 Å². The van der Waals surface area contributed by atoms with Crippen molar-refractivity contribution in [2.45, 2.75) is 12.1 Å². The molecule has 14 heavy (non-hydrogen) atoms. The minimum Gasteiger partial charge on any atom is -0.439 e. The van der Waals surface area contributed by atoms with Crippen LogP contribution in [-0.4, -0.2) is 18.8 Å². The van der Waals surface area contributed by atoms with Crippen molar-refractivity contribution in [2.75, 3.05) is 6.67 Å². The van der Waals surface area contributed by atoms with E-state index in [0.717, 1.165) is 5.56 Å². The lowest BCUT2D eigenvalue weighted by Crippen LogP contribution is -2.29. The van der Waals surface area contributed by atoms with E-state index in [1.165, 1.54) is 0 Å². The first-order valence-corrected chi connectivity index (χ1v) is 4.39. The van der Waals surface area contributed by atoms with E-state index in [0.29, 0.717) is 0 Å². The van der Waals surface area contributed by atoms with Crippen LogP contribution >= 0.6 is 0 Å². The van der Waals surface area contributed by atoms with Gasteiger partial charge in [0.05, 0.1) is 0 Å². The number of benzene rings is 1. The van der Waals surface area contributed by atoms with Gasteiger partial charge in [-0.15, -0.1) is 0 Å². The molecule has 1 aromatic rings. The average molecular weight is 195 g/mol. The maximum Gasteiger partial charge on any atom is 0.408 e. The number of ether oxygens (including phenoxy) is 1. The summed E-state index contributed by atoms with van der Waals surface area (Å²) in [7, 11) is 0. The second kappa shape index (κ2) is 3.65. The molecule has 2 rings (SSSR count). The summed E-state index contributed by atoms with van der Waals surface area (Å²) in [6.07, 6.45) is -1.06. The van der Waals surface area contributed by atoms with Gasteiger partial charge < -0.3 is 10.1 Å². The van der Waals surface area contributed by atoms with Crippen LogP contribution in [0.25, 0.3) is 0 Å². The highest BCUT2D eigenvalue weighted by atomic mass is 19.1. The Bertz CT molecular complexity index is 328. The van der Waals surface area contributed by atoms with Gasteiger partial charge in [-0.1, -0.05) is 30.3 Å². The second-order valence-electron chi connectivity index (χ2n) is 3.14. The molecule has 3 nitrogen and oxygen atoms in total. The minimum absolute atomic E-state index is 0.506. The van der Waals surface area contributed by atoms with Gasteiger partial charge in [0.2, 0.25) is 0 Å². The number of alkyl halides is 1. The van der Waals surface area contributed by atoms with E-state index in [4.69, 9.17) is 4.74 Å². The van der Waals surface area contributed by atoms with E-state index >= 15 is 0 Å². The lowest BCUT2D eigenvalue weighted by atomic mass is 10.0. The van der Waals surface area contributed by atoms with Gasteiger partial charge in [-0.3, -0.25) is 0 Å². The molecule has 1 N–H and O–H groups in total. The number of halogens is 1. The first-order chi connectivity index (χ1) is 6.81. The molecule has 1 saturated heterocycles. The van der Waals surface area contributed by atoms with Crippen LogP contribution in [0.2, 0.25) is 0 Å². The van der Waals surface area contributed by atoms with Crippen molar-refractivity contribution >= 4 is 6.09 Å². The molecule has 1 amide bonds. The van der Waals surface area contributed by atoms with E-state index in [9.17, 15) is 9.18 Å². The Morgan fingerprint density at radius 1 is 1.36 bits per heavy atom. The Hall–Kier alpha value is -1.58. The Labute approximate surface area is 80.9 Å². The number of nitrogens with one attached hydrogen (secondary N) is 1. The van der Waals surface area contributed by atoms with Crippen LogP contribution in [0.4, 0.5) is 9.18 Å². The topological polar surface area (TPSA) is 38.3 Å². The van der Waals surface area contributed by atoms with E-state index in [-0.39, 0.29) is 0 Å². The van der Waals surface area contributed by atoms with Gasteiger partial charge in [-0.2, -0.15) is 0 Å². The number of amides is 1. The smallest absolute Gasteiger partial charge is 0.408 e. The van der Waals surface area contributed by atoms with Gasteiger partial charge >= 0.3 is 6.09 Å². The fourth-order valence-corrected chi connectivity index (χ4v) is 1.52. The summed E-state index contributed by atoms with van der Waals surface area (Å²) in [5.41, 5.74) is 0.813. The molecular weight excluding hydrogens is 185 g/mol. The predicted octanol–water partition coefficient (Wildman–Crippen LogP) is 1.81. The molecule has 2 atom stereocenters. The van der Waals surface area contributed by atoms with Crippen LogP contribution in [0.15, 0.2) is 30.3 Å². The summed E-state index contributed by atoms with van der Waals surface area (Å²) in [6, 6.07) is 8.58. The summed E-state index contributed by atoms with van der Waals surface area (Å²) in [5, 5.41) is 2.42. The van der Waals surface area contributed by atoms with Crippen molar-refractivity contribution in [1.29, 1.82) is 0 Å². The zero-order valence-corrected chi connectivity index (χ0v) is 7.44. The molecule has 2 unspecified atom stereocenters. The van der Waals surface area contributed by atoms with Crippen molar-refractivity contribution in [2.24, 2.45) is 0 Å². The Kier molecular flexibility index (Phi) is 2.35. The lowest BCUT2D eigenvalue weighted by molar-refractivity contribution is 0.128. The SMILES string of the molecule is O=C1NC(CF)C(c2ccccc2)O1. The van der Waals surface area contributed by atoms with E-state index in [1.54, 1.807) is 0 Å². The number of hydrogen-bond donors (Lipinski definition) is 1. The zero-order chi connectivity index (χ0) is 9.97. The van der Waals surface area contributed by atoms with Crippen LogP contribution in [-0.2, 0) is 4.74 Å². The normalized spacial score (nSPS) is 25.6. The number of cyclic esters (lactones) is 1. The summed E-state index contributed by atoms with van der Waals surface area (Å²) in [6.45, 7) is -0.620. The van der Waals surface area contributed by atoms with E-state index in [2.05, 4.69) is 5.32 Å². The molecule has 0 aromatic heterocycles. The quantitative estimate of drug-likeness (QED) is 0.781. The fourth-order valence-electron chi connectivity index (χ4n) is 1.52. The first kappa shape index (κ1) is 8.99. The number of alkyl carbamates (subject to hydrolysis) is 1. The lowest BCUT2D eigenvalue weighted by Gasteiger charge is -2.13. The predicted molar refractivity (Wildman–Crippen MR) is 48.6 cm³/mol. The minimum atomic E-state index is -0.620. The molecule has 1 fully saturated rings. The first-order valence-electron chi connectivity index (χ1n) is 4.39. The summed E-state index contributed by atoms with van der Waals surface area (Å²) in [5.74, 6) is 0. The van der Waals surface area contributed by atoms with Crippen molar-refractivity contribution < 1.29 is 13.9 Å². The van der Waals surface area contributed by atoms with Crippen molar-refractivity contribution in [1.82, 2.24) is 5.32 Å². The number of hydrogen-bond acceptors (Lipinski definition) is 2. The Balaban J connectivity index is 2.22.